The molecule has 2 aliphatic rings. The summed E-state index contributed by atoms with van der Waals surface area (Å²) in [5.74, 6) is -0.666. The lowest BCUT2D eigenvalue weighted by molar-refractivity contribution is -0.143. The zero-order valence-corrected chi connectivity index (χ0v) is 16.1. The average Bonchev–Trinajstić information content (AvgIpc) is 3.20. The van der Waals surface area contributed by atoms with Crippen LogP contribution in [0.2, 0.25) is 0 Å². The number of benzene rings is 1. The molecule has 0 spiro atoms. The summed E-state index contributed by atoms with van der Waals surface area (Å²) in [4.78, 5) is 40.7. The molecule has 3 rings (SSSR count). The van der Waals surface area contributed by atoms with E-state index in [1.165, 1.54) is 6.92 Å². The molecule has 0 aromatic heterocycles. The summed E-state index contributed by atoms with van der Waals surface area (Å²) in [5.41, 5.74) is 2.25. The lowest BCUT2D eigenvalue weighted by Crippen LogP contribution is -2.51. The number of nitrogens with one attached hydrogen (secondary N) is 1. The van der Waals surface area contributed by atoms with Gasteiger partial charge in [0, 0.05) is 33.1 Å². The Morgan fingerprint density at radius 3 is 2.41 bits per heavy atom. The zero-order valence-electron chi connectivity index (χ0n) is 16.1. The van der Waals surface area contributed by atoms with Gasteiger partial charge < -0.3 is 9.80 Å². The van der Waals surface area contributed by atoms with Crippen LogP contribution in [0.3, 0.4) is 0 Å². The Morgan fingerprint density at radius 2 is 1.85 bits per heavy atom. The highest BCUT2D eigenvalue weighted by atomic mass is 16.5. The lowest BCUT2D eigenvalue weighted by atomic mass is 9.80. The third-order valence-electron chi connectivity index (χ3n) is 6.21. The number of carbonyl (C=O) groups excluding carboxylic acids is 3. The quantitative estimate of drug-likeness (QED) is 0.614. The Kier molecular flexibility index (Phi) is 4.99. The van der Waals surface area contributed by atoms with E-state index >= 15 is 0 Å². The number of aryl methyl sites for hydroxylation is 1. The van der Waals surface area contributed by atoms with E-state index in [1.54, 1.807) is 15.3 Å². The number of amides is 3. The van der Waals surface area contributed by atoms with Gasteiger partial charge in [-0.2, -0.15) is 0 Å². The van der Waals surface area contributed by atoms with Gasteiger partial charge in [-0.1, -0.05) is 29.8 Å². The van der Waals surface area contributed by atoms with Crippen LogP contribution in [0.25, 0.3) is 0 Å². The van der Waals surface area contributed by atoms with Gasteiger partial charge in [0.25, 0.3) is 5.91 Å². The highest BCUT2D eigenvalue weighted by Gasteiger charge is 2.51. The third kappa shape index (κ3) is 3.32. The second kappa shape index (κ2) is 6.96. The zero-order chi connectivity index (χ0) is 19.8. The maximum atomic E-state index is 13.2. The first-order valence-corrected chi connectivity index (χ1v) is 9.28. The SMILES string of the molecule is CC(=O)N1CCC(CN2CCC(C)(c3ccc(C)cc3)C2=O)(C(=O)NO)C1. The minimum absolute atomic E-state index is 0.0160. The van der Waals surface area contributed by atoms with Gasteiger partial charge in [0.15, 0.2) is 0 Å². The topological polar surface area (TPSA) is 90.0 Å². The first-order chi connectivity index (χ1) is 12.7. The molecular formula is C20H27N3O4. The number of rotatable bonds is 4. The predicted octanol–water partition coefficient (Wildman–Crippen LogP) is 1.23. The molecule has 1 aromatic rings. The number of likely N-dealkylation sites (tertiary alicyclic amines) is 2. The van der Waals surface area contributed by atoms with Crippen molar-refractivity contribution in [2.24, 2.45) is 5.41 Å². The molecule has 0 saturated carbocycles. The Hall–Kier alpha value is -2.41. The van der Waals surface area contributed by atoms with E-state index in [0.29, 0.717) is 25.9 Å². The number of hydrogen-bond donors (Lipinski definition) is 2. The second-order valence-electron chi connectivity index (χ2n) is 8.09. The van der Waals surface area contributed by atoms with Gasteiger partial charge in [-0.15, -0.1) is 0 Å². The van der Waals surface area contributed by atoms with Crippen molar-refractivity contribution in [3.05, 3.63) is 35.4 Å². The van der Waals surface area contributed by atoms with Gasteiger partial charge in [0.05, 0.1) is 10.8 Å². The van der Waals surface area contributed by atoms with Crippen molar-refractivity contribution >= 4 is 17.7 Å². The van der Waals surface area contributed by atoms with Crippen LogP contribution in [-0.2, 0) is 19.8 Å². The molecule has 2 unspecified atom stereocenters. The number of hydroxylamine groups is 1. The minimum Gasteiger partial charge on any atom is -0.342 e. The molecule has 2 aliphatic heterocycles. The van der Waals surface area contributed by atoms with Crippen LogP contribution in [0.4, 0.5) is 0 Å². The molecule has 2 fully saturated rings. The maximum Gasteiger partial charge on any atom is 0.253 e. The summed E-state index contributed by atoms with van der Waals surface area (Å²) in [5, 5.41) is 9.23. The van der Waals surface area contributed by atoms with Crippen molar-refractivity contribution in [1.82, 2.24) is 15.3 Å². The fourth-order valence-electron chi connectivity index (χ4n) is 4.27. The predicted molar refractivity (Wildman–Crippen MR) is 99.0 cm³/mol. The second-order valence-corrected chi connectivity index (χ2v) is 8.09. The molecule has 7 nitrogen and oxygen atoms in total. The van der Waals surface area contributed by atoms with E-state index in [2.05, 4.69) is 0 Å². The van der Waals surface area contributed by atoms with Crippen molar-refractivity contribution in [2.45, 2.75) is 39.0 Å². The third-order valence-corrected chi connectivity index (χ3v) is 6.21. The molecule has 146 valence electrons. The van der Waals surface area contributed by atoms with Crippen LogP contribution in [0.5, 0.6) is 0 Å². The Bertz CT molecular complexity index is 763. The first-order valence-electron chi connectivity index (χ1n) is 9.28. The molecule has 2 N–H and O–H groups in total. The molecule has 0 radical (unpaired) electrons. The van der Waals surface area contributed by atoms with Crippen molar-refractivity contribution in [3.8, 4) is 0 Å². The highest BCUT2D eigenvalue weighted by molar-refractivity contribution is 5.91. The van der Waals surface area contributed by atoms with Crippen LogP contribution in [0, 0.1) is 12.3 Å². The number of hydrogen-bond acceptors (Lipinski definition) is 4. The monoisotopic (exact) mass is 373 g/mol. The van der Waals surface area contributed by atoms with E-state index in [-0.39, 0.29) is 24.9 Å². The molecule has 0 aliphatic carbocycles. The molecule has 7 heteroatoms. The molecule has 3 amide bonds. The van der Waals surface area contributed by atoms with Gasteiger partial charge >= 0.3 is 0 Å². The fourth-order valence-corrected chi connectivity index (χ4v) is 4.27. The fraction of sp³-hybridized carbons (Fsp3) is 0.550. The van der Waals surface area contributed by atoms with Crippen LogP contribution in [0.15, 0.2) is 24.3 Å². The van der Waals surface area contributed by atoms with Crippen LogP contribution < -0.4 is 5.48 Å². The Labute approximate surface area is 159 Å². The van der Waals surface area contributed by atoms with Gasteiger partial charge in [0.1, 0.15) is 0 Å². The van der Waals surface area contributed by atoms with Gasteiger partial charge in [-0.25, -0.2) is 5.48 Å². The normalized spacial score (nSPS) is 27.9. The van der Waals surface area contributed by atoms with Crippen molar-refractivity contribution in [3.63, 3.8) is 0 Å². The van der Waals surface area contributed by atoms with E-state index in [1.807, 2.05) is 38.1 Å². The first kappa shape index (κ1) is 19.4. The summed E-state index contributed by atoms with van der Waals surface area (Å²) < 4.78 is 0. The molecule has 2 atom stereocenters. The summed E-state index contributed by atoms with van der Waals surface area (Å²) >= 11 is 0. The maximum absolute atomic E-state index is 13.2. The van der Waals surface area contributed by atoms with Gasteiger partial charge in [0.2, 0.25) is 11.8 Å². The standard InChI is InChI=1S/C20H27N3O4/c1-14-4-6-16(7-5-14)19(3)8-10-23(18(19)26)13-20(17(25)21-27)9-11-22(12-20)15(2)24/h4-7,27H,8-13H2,1-3H3,(H,21,25). The summed E-state index contributed by atoms with van der Waals surface area (Å²) in [6.07, 6.45) is 1.09. The molecule has 27 heavy (non-hydrogen) atoms. The molecule has 2 saturated heterocycles. The van der Waals surface area contributed by atoms with Gasteiger partial charge in [-0.3, -0.25) is 19.6 Å². The van der Waals surface area contributed by atoms with Crippen LogP contribution in [0.1, 0.15) is 37.8 Å². The lowest BCUT2D eigenvalue weighted by Gasteiger charge is -2.32. The molecule has 2 heterocycles. The smallest absolute Gasteiger partial charge is 0.253 e. The van der Waals surface area contributed by atoms with Gasteiger partial charge in [-0.05, 0) is 32.3 Å². The van der Waals surface area contributed by atoms with Crippen molar-refractivity contribution in [2.75, 3.05) is 26.2 Å². The minimum atomic E-state index is -0.978. The van der Waals surface area contributed by atoms with Crippen molar-refractivity contribution in [1.29, 1.82) is 0 Å². The number of carbonyl (C=O) groups is 3. The average molecular weight is 373 g/mol. The van der Waals surface area contributed by atoms with Crippen molar-refractivity contribution < 1.29 is 19.6 Å². The van der Waals surface area contributed by atoms with E-state index < -0.39 is 16.7 Å². The van der Waals surface area contributed by atoms with Crippen LogP contribution in [-0.4, -0.2) is 58.9 Å². The summed E-state index contributed by atoms with van der Waals surface area (Å²) in [6.45, 7) is 6.80. The van der Waals surface area contributed by atoms with E-state index in [4.69, 9.17) is 0 Å². The largest absolute Gasteiger partial charge is 0.342 e. The molecule has 0 bridgehead atoms. The Morgan fingerprint density at radius 1 is 1.19 bits per heavy atom. The van der Waals surface area contributed by atoms with E-state index in [9.17, 15) is 19.6 Å². The molecule has 1 aromatic carbocycles. The van der Waals surface area contributed by atoms with E-state index in [0.717, 1.165) is 11.1 Å². The van der Waals surface area contributed by atoms with Crippen LogP contribution >= 0.6 is 0 Å². The molecular weight excluding hydrogens is 346 g/mol. The highest BCUT2D eigenvalue weighted by Crippen LogP contribution is 2.39. The summed E-state index contributed by atoms with van der Waals surface area (Å²) in [7, 11) is 0. The number of nitrogens with zero attached hydrogens (tertiary/aromatic N) is 2. The Balaban J connectivity index is 1.82. The summed E-state index contributed by atoms with van der Waals surface area (Å²) in [6, 6.07) is 7.97.